The highest BCUT2D eigenvalue weighted by Crippen LogP contribution is 2.21. The van der Waals surface area contributed by atoms with Gasteiger partial charge in [0.2, 0.25) is 5.91 Å². The van der Waals surface area contributed by atoms with Crippen molar-refractivity contribution in [2.24, 2.45) is 0 Å². The lowest BCUT2D eigenvalue weighted by Gasteiger charge is -2.07. The van der Waals surface area contributed by atoms with Crippen molar-refractivity contribution in [3.63, 3.8) is 0 Å². The molecule has 0 aromatic carbocycles. The molecule has 1 amide bonds. The van der Waals surface area contributed by atoms with E-state index in [0.717, 1.165) is 0 Å². The Morgan fingerprint density at radius 3 is 2.50 bits per heavy atom. The summed E-state index contributed by atoms with van der Waals surface area (Å²) in [5.41, 5.74) is 0. The van der Waals surface area contributed by atoms with Crippen LogP contribution in [0.1, 0.15) is 39.0 Å². The van der Waals surface area contributed by atoms with Gasteiger partial charge in [-0.25, -0.2) is 0 Å². The van der Waals surface area contributed by atoms with Crippen LogP contribution in [0.15, 0.2) is 0 Å². The van der Waals surface area contributed by atoms with Crippen LogP contribution in [0, 0.1) is 0 Å². The fraction of sp³-hybridized carbons (Fsp3) is 0.900. The standard InChI is InChI=1S/C10H18F3NO2/c1-8(15)4-3-7-14-9(16)5-2-6-10(11,12)13/h8,15H,2-7H2,1H3,(H,14,16). The number of halogens is 3. The Morgan fingerprint density at radius 1 is 1.38 bits per heavy atom. The molecule has 0 aromatic heterocycles. The number of nitrogens with one attached hydrogen (secondary N) is 1. The van der Waals surface area contributed by atoms with Gasteiger partial charge in [-0.1, -0.05) is 0 Å². The zero-order valence-corrected chi connectivity index (χ0v) is 9.31. The van der Waals surface area contributed by atoms with E-state index in [4.69, 9.17) is 5.11 Å². The van der Waals surface area contributed by atoms with Crippen LogP contribution in [0.2, 0.25) is 0 Å². The number of aliphatic hydroxyl groups excluding tert-OH is 1. The van der Waals surface area contributed by atoms with Gasteiger partial charge in [0.15, 0.2) is 0 Å². The van der Waals surface area contributed by atoms with Crippen LogP contribution >= 0.6 is 0 Å². The van der Waals surface area contributed by atoms with Crippen molar-refractivity contribution in [1.82, 2.24) is 5.32 Å². The van der Waals surface area contributed by atoms with Crippen molar-refractivity contribution in [3.8, 4) is 0 Å². The van der Waals surface area contributed by atoms with Gasteiger partial charge in [-0.05, 0) is 26.2 Å². The summed E-state index contributed by atoms with van der Waals surface area (Å²) in [6, 6.07) is 0. The molecule has 0 aromatic rings. The summed E-state index contributed by atoms with van der Waals surface area (Å²) in [5, 5.41) is 11.4. The third-order valence-electron chi connectivity index (χ3n) is 1.98. The smallest absolute Gasteiger partial charge is 0.389 e. The number of rotatable bonds is 7. The molecule has 0 radical (unpaired) electrons. The molecule has 0 fully saturated rings. The lowest BCUT2D eigenvalue weighted by atomic mass is 10.2. The molecule has 2 N–H and O–H groups in total. The Balaban J connectivity index is 3.39. The number of amides is 1. The van der Waals surface area contributed by atoms with Crippen molar-refractivity contribution in [2.45, 2.75) is 51.3 Å². The molecule has 3 nitrogen and oxygen atoms in total. The lowest BCUT2D eigenvalue weighted by molar-refractivity contribution is -0.137. The van der Waals surface area contributed by atoms with Gasteiger partial charge in [0.05, 0.1) is 6.10 Å². The zero-order chi connectivity index (χ0) is 12.6. The van der Waals surface area contributed by atoms with Gasteiger partial charge in [-0.15, -0.1) is 0 Å². The molecule has 0 saturated heterocycles. The van der Waals surface area contributed by atoms with Crippen molar-refractivity contribution in [1.29, 1.82) is 0 Å². The molecule has 96 valence electrons. The van der Waals surface area contributed by atoms with Crippen LogP contribution in [-0.4, -0.2) is 29.8 Å². The summed E-state index contributed by atoms with van der Waals surface area (Å²) in [4.78, 5) is 11.0. The van der Waals surface area contributed by atoms with Crippen LogP contribution < -0.4 is 5.32 Å². The molecule has 0 bridgehead atoms. The van der Waals surface area contributed by atoms with E-state index in [2.05, 4.69) is 5.32 Å². The quantitative estimate of drug-likeness (QED) is 0.670. The number of hydrogen-bond acceptors (Lipinski definition) is 2. The molecule has 0 rings (SSSR count). The summed E-state index contributed by atoms with van der Waals surface area (Å²) < 4.78 is 35.2. The van der Waals surface area contributed by atoms with Crippen LogP contribution in [0.25, 0.3) is 0 Å². The first-order valence-electron chi connectivity index (χ1n) is 5.33. The van der Waals surface area contributed by atoms with E-state index in [1.807, 2.05) is 0 Å². The second-order valence-corrected chi connectivity index (χ2v) is 3.81. The van der Waals surface area contributed by atoms with Crippen molar-refractivity contribution < 1.29 is 23.1 Å². The topological polar surface area (TPSA) is 49.3 Å². The number of carbonyl (C=O) groups excluding carboxylic acids is 1. The molecule has 1 unspecified atom stereocenters. The molecule has 0 spiro atoms. The third kappa shape index (κ3) is 11.3. The molecule has 1 atom stereocenters. The summed E-state index contributed by atoms with van der Waals surface area (Å²) in [7, 11) is 0. The maximum atomic E-state index is 11.7. The first kappa shape index (κ1) is 15.2. The maximum absolute atomic E-state index is 11.7. The Morgan fingerprint density at radius 2 is 2.00 bits per heavy atom. The van der Waals surface area contributed by atoms with E-state index in [-0.39, 0.29) is 18.7 Å². The van der Waals surface area contributed by atoms with E-state index in [1.54, 1.807) is 6.92 Å². The summed E-state index contributed by atoms with van der Waals surface area (Å²) in [6.45, 7) is 2.04. The van der Waals surface area contributed by atoms with E-state index in [1.165, 1.54) is 0 Å². The third-order valence-corrected chi connectivity index (χ3v) is 1.98. The molecule has 16 heavy (non-hydrogen) atoms. The second-order valence-electron chi connectivity index (χ2n) is 3.81. The highest BCUT2D eigenvalue weighted by Gasteiger charge is 2.26. The molecular formula is C10H18F3NO2. The maximum Gasteiger partial charge on any atom is 0.389 e. The second kappa shape index (κ2) is 7.49. The van der Waals surface area contributed by atoms with Gasteiger partial charge >= 0.3 is 6.18 Å². The number of hydrogen-bond donors (Lipinski definition) is 2. The van der Waals surface area contributed by atoms with Gasteiger partial charge in [0.1, 0.15) is 0 Å². The lowest BCUT2D eigenvalue weighted by Crippen LogP contribution is -2.25. The minimum atomic E-state index is -4.19. The van der Waals surface area contributed by atoms with Gasteiger partial charge in [0.25, 0.3) is 0 Å². The Labute approximate surface area is 93.0 Å². The normalized spacial score (nSPS) is 13.6. The number of carbonyl (C=O) groups is 1. The van der Waals surface area contributed by atoms with E-state index < -0.39 is 18.7 Å². The highest BCUT2D eigenvalue weighted by atomic mass is 19.4. The first-order valence-corrected chi connectivity index (χ1v) is 5.33. The van der Waals surface area contributed by atoms with Crippen LogP contribution in [0.3, 0.4) is 0 Å². The van der Waals surface area contributed by atoms with E-state index >= 15 is 0 Å². The van der Waals surface area contributed by atoms with Crippen molar-refractivity contribution in [2.75, 3.05) is 6.54 Å². The molecule has 0 aliphatic rings. The highest BCUT2D eigenvalue weighted by molar-refractivity contribution is 5.75. The van der Waals surface area contributed by atoms with Gasteiger partial charge in [-0.3, -0.25) is 4.79 Å². The van der Waals surface area contributed by atoms with Gasteiger partial charge < -0.3 is 10.4 Å². The average Bonchev–Trinajstić information content (AvgIpc) is 2.10. The van der Waals surface area contributed by atoms with E-state index in [9.17, 15) is 18.0 Å². The fourth-order valence-electron chi connectivity index (χ4n) is 1.16. The molecule has 0 heterocycles. The van der Waals surface area contributed by atoms with E-state index in [0.29, 0.717) is 19.4 Å². The predicted molar refractivity (Wildman–Crippen MR) is 53.8 cm³/mol. The minimum absolute atomic E-state index is 0.103. The van der Waals surface area contributed by atoms with Crippen LogP contribution in [0.4, 0.5) is 13.2 Å². The van der Waals surface area contributed by atoms with Gasteiger partial charge in [-0.2, -0.15) is 13.2 Å². The van der Waals surface area contributed by atoms with Crippen LogP contribution in [-0.2, 0) is 4.79 Å². The molecule has 0 aliphatic carbocycles. The Hall–Kier alpha value is -0.780. The summed E-state index contributed by atoms with van der Waals surface area (Å²) in [5.74, 6) is -0.366. The Kier molecular flexibility index (Phi) is 7.12. The molecular weight excluding hydrogens is 223 g/mol. The van der Waals surface area contributed by atoms with Crippen molar-refractivity contribution >= 4 is 5.91 Å². The van der Waals surface area contributed by atoms with Crippen molar-refractivity contribution in [3.05, 3.63) is 0 Å². The SMILES string of the molecule is CC(O)CCCNC(=O)CCCC(F)(F)F. The first-order chi connectivity index (χ1) is 7.31. The molecule has 6 heteroatoms. The largest absolute Gasteiger partial charge is 0.393 e. The predicted octanol–water partition coefficient (Wildman–Crippen LogP) is 2.00. The number of alkyl halides is 3. The van der Waals surface area contributed by atoms with Crippen LogP contribution in [0.5, 0.6) is 0 Å². The monoisotopic (exact) mass is 241 g/mol. The fourth-order valence-corrected chi connectivity index (χ4v) is 1.16. The summed E-state index contributed by atoms with van der Waals surface area (Å²) >= 11 is 0. The van der Waals surface area contributed by atoms with Gasteiger partial charge in [0, 0.05) is 19.4 Å². The Bertz CT molecular complexity index is 205. The minimum Gasteiger partial charge on any atom is -0.393 e. The average molecular weight is 241 g/mol. The zero-order valence-electron chi connectivity index (χ0n) is 9.31. The number of aliphatic hydroxyl groups is 1. The molecule has 0 aliphatic heterocycles. The summed E-state index contributed by atoms with van der Waals surface area (Å²) in [6.07, 6.45) is -4.60. The molecule has 0 saturated carbocycles.